The van der Waals surface area contributed by atoms with Crippen LogP contribution in [0, 0.1) is 0 Å². The van der Waals surface area contributed by atoms with Crippen molar-refractivity contribution in [3.63, 3.8) is 0 Å². The lowest BCUT2D eigenvalue weighted by molar-refractivity contribution is -0.120. The van der Waals surface area contributed by atoms with E-state index in [9.17, 15) is 4.79 Å². The van der Waals surface area contributed by atoms with Crippen LogP contribution in [0.15, 0.2) is 12.1 Å². The summed E-state index contributed by atoms with van der Waals surface area (Å²) < 4.78 is 0. The van der Waals surface area contributed by atoms with Crippen molar-refractivity contribution in [3.05, 3.63) is 22.2 Å². The summed E-state index contributed by atoms with van der Waals surface area (Å²) in [4.78, 5) is 12.1. The van der Waals surface area contributed by atoms with Crippen LogP contribution >= 0.6 is 23.2 Å². The molecule has 1 amide bonds. The van der Waals surface area contributed by atoms with E-state index >= 15 is 0 Å². The van der Waals surface area contributed by atoms with Crippen LogP contribution in [0.4, 0.5) is 11.4 Å². The molecule has 0 aromatic heterocycles. The van der Waals surface area contributed by atoms with E-state index < -0.39 is 5.54 Å². The number of carbonyl (C=O) groups is 1. The van der Waals surface area contributed by atoms with Gasteiger partial charge in [-0.05, 0) is 25.0 Å². The van der Waals surface area contributed by atoms with Gasteiger partial charge in [0, 0.05) is 0 Å². The Morgan fingerprint density at radius 1 is 1.06 bits per heavy atom. The van der Waals surface area contributed by atoms with E-state index in [4.69, 9.17) is 23.2 Å². The zero-order chi connectivity index (χ0) is 12.0. The van der Waals surface area contributed by atoms with E-state index in [1.807, 2.05) is 0 Å². The van der Waals surface area contributed by atoms with Gasteiger partial charge < -0.3 is 10.6 Å². The van der Waals surface area contributed by atoms with Gasteiger partial charge in [0.15, 0.2) is 0 Å². The molecule has 5 heteroatoms. The van der Waals surface area contributed by atoms with Crippen molar-refractivity contribution in [2.24, 2.45) is 0 Å². The number of fused-ring (bicyclic) bond motifs is 1. The van der Waals surface area contributed by atoms with E-state index in [-0.39, 0.29) is 5.91 Å². The second-order valence-electron chi connectivity index (χ2n) is 4.68. The molecule has 1 aromatic carbocycles. The van der Waals surface area contributed by atoms with Crippen LogP contribution in [0.1, 0.15) is 25.7 Å². The van der Waals surface area contributed by atoms with Crippen LogP contribution in [-0.2, 0) is 4.79 Å². The van der Waals surface area contributed by atoms with Crippen molar-refractivity contribution in [2.75, 3.05) is 10.6 Å². The van der Waals surface area contributed by atoms with Crippen LogP contribution in [0.3, 0.4) is 0 Å². The first kappa shape index (κ1) is 11.2. The third-order valence-corrected chi connectivity index (χ3v) is 4.30. The van der Waals surface area contributed by atoms with Crippen molar-refractivity contribution >= 4 is 40.5 Å². The van der Waals surface area contributed by atoms with Gasteiger partial charge in [0.25, 0.3) is 0 Å². The maximum Gasteiger partial charge on any atom is 0.250 e. The van der Waals surface area contributed by atoms with Crippen LogP contribution in [0.2, 0.25) is 10.0 Å². The molecule has 1 aromatic rings. The van der Waals surface area contributed by atoms with Gasteiger partial charge in [0.1, 0.15) is 5.54 Å². The number of hydrogen-bond donors (Lipinski definition) is 2. The predicted octanol–water partition coefficient (Wildman–Crippen LogP) is 3.67. The Morgan fingerprint density at radius 2 is 1.65 bits per heavy atom. The molecule has 2 N–H and O–H groups in total. The number of amides is 1. The molecule has 0 atom stereocenters. The molecule has 1 saturated carbocycles. The number of anilines is 2. The fourth-order valence-corrected chi connectivity index (χ4v) is 2.97. The maximum atomic E-state index is 12.1. The van der Waals surface area contributed by atoms with Crippen molar-refractivity contribution in [1.29, 1.82) is 0 Å². The first-order valence-corrected chi connectivity index (χ1v) is 6.45. The molecule has 1 aliphatic carbocycles. The van der Waals surface area contributed by atoms with E-state index in [0.29, 0.717) is 15.7 Å². The first-order chi connectivity index (χ1) is 8.11. The number of rotatable bonds is 0. The summed E-state index contributed by atoms with van der Waals surface area (Å²) in [6.45, 7) is 0. The van der Waals surface area contributed by atoms with Gasteiger partial charge in [-0.25, -0.2) is 0 Å². The van der Waals surface area contributed by atoms with E-state index in [0.717, 1.165) is 31.4 Å². The quantitative estimate of drug-likeness (QED) is 0.755. The van der Waals surface area contributed by atoms with Crippen LogP contribution in [0.5, 0.6) is 0 Å². The van der Waals surface area contributed by atoms with E-state index in [1.54, 1.807) is 12.1 Å². The molecule has 3 nitrogen and oxygen atoms in total. The highest BCUT2D eigenvalue weighted by atomic mass is 35.5. The molecule has 2 aliphatic rings. The minimum atomic E-state index is -0.440. The van der Waals surface area contributed by atoms with Gasteiger partial charge in [-0.3, -0.25) is 4.79 Å². The predicted molar refractivity (Wildman–Crippen MR) is 69.9 cm³/mol. The molecule has 1 heterocycles. The molecule has 0 unspecified atom stereocenters. The molecule has 1 aliphatic heterocycles. The minimum absolute atomic E-state index is 0.0425. The summed E-state index contributed by atoms with van der Waals surface area (Å²) in [6, 6.07) is 3.46. The molecule has 3 rings (SSSR count). The zero-order valence-electron chi connectivity index (χ0n) is 9.15. The number of halogens is 2. The third kappa shape index (κ3) is 1.69. The third-order valence-electron chi connectivity index (χ3n) is 3.57. The largest absolute Gasteiger partial charge is 0.369 e. The molecule has 1 spiro atoms. The molecule has 0 bridgehead atoms. The highest BCUT2D eigenvalue weighted by molar-refractivity contribution is 6.42. The average Bonchev–Trinajstić information content (AvgIpc) is 2.73. The second-order valence-corrected chi connectivity index (χ2v) is 5.49. The smallest absolute Gasteiger partial charge is 0.250 e. The standard InChI is InChI=1S/C12H12Cl2N2O/c13-7-5-9-10(6-8(7)14)16-12(11(17)15-9)3-1-2-4-12/h5-6,16H,1-4H2,(H,15,17). The van der Waals surface area contributed by atoms with Gasteiger partial charge in [0.05, 0.1) is 21.4 Å². The highest BCUT2D eigenvalue weighted by Crippen LogP contribution is 2.42. The summed E-state index contributed by atoms with van der Waals surface area (Å²) in [7, 11) is 0. The summed E-state index contributed by atoms with van der Waals surface area (Å²) in [5.41, 5.74) is 1.13. The summed E-state index contributed by atoms with van der Waals surface area (Å²) in [5, 5.41) is 7.21. The van der Waals surface area contributed by atoms with Crippen LogP contribution in [-0.4, -0.2) is 11.4 Å². The summed E-state index contributed by atoms with van der Waals surface area (Å²) in [6.07, 6.45) is 3.91. The Labute approximate surface area is 109 Å². The lowest BCUT2D eigenvalue weighted by Gasteiger charge is -2.35. The van der Waals surface area contributed by atoms with Gasteiger partial charge >= 0.3 is 0 Å². The van der Waals surface area contributed by atoms with Gasteiger partial charge in [-0.1, -0.05) is 36.0 Å². The molecular weight excluding hydrogens is 259 g/mol. The van der Waals surface area contributed by atoms with E-state index in [1.165, 1.54) is 0 Å². The Bertz CT molecular complexity index is 496. The first-order valence-electron chi connectivity index (χ1n) is 5.69. The minimum Gasteiger partial charge on any atom is -0.369 e. The van der Waals surface area contributed by atoms with E-state index in [2.05, 4.69) is 10.6 Å². The molecule has 90 valence electrons. The Morgan fingerprint density at radius 3 is 2.29 bits per heavy atom. The fourth-order valence-electron chi connectivity index (χ4n) is 2.64. The zero-order valence-corrected chi connectivity index (χ0v) is 10.7. The lowest BCUT2D eigenvalue weighted by atomic mass is 9.93. The highest BCUT2D eigenvalue weighted by Gasteiger charge is 2.44. The Kier molecular flexibility index (Phi) is 2.49. The van der Waals surface area contributed by atoms with Crippen molar-refractivity contribution in [2.45, 2.75) is 31.2 Å². The van der Waals surface area contributed by atoms with Crippen LogP contribution < -0.4 is 10.6 Å². The molecule has 17 heavy (non-hydrogen) atoms. The Balaban J connectivity index is 2.04. The number of hydrogen-bond acceptors (Lipinski definition) is 2. The fraction of sp³-hybridized carbons (Fsp3) is 0.417. The monoisotopic (exact) mass is 270 g/mol. The lowest BCUT2D eigenvalue weighted by Crippen LogP contribution is -2.50. The normalized spacial score (nSPS) is 20.9. The second kappa shape index (κ2) is 3.79. The Hall–Kier alpha value is -0.930. The van der Waals surface area contributed by atoms with Crippen molar-refractivity contribution in [3.8, 4) is 0 Å². The maximum absolute atomic E-state index is 12.1. The van der Waals surface area contributed by atoms with Gasteiger partial charge in [-0.2, -0.15) is 0 Å². The average molecular weight is 271 g/mol. The molecule has 1 fully saturated rings. The van der Waals surface area contributed by atoms with Crippen molar-refractivity contribution < 1.29 is 4.79 Å². The summed E-state index contributed by atoms with van der Waals surface area (Å²) in [5.74, 6) is 0.0425. The number of nitrogens with one attached hydrogen (secondary N) is 2. The topological polar surface area (TPSA) is 41.1 Å². The SMILES string of the molecule is O=C1Nc2cc(Cl)c(Cl)cc2NC12CCCC2. The molecule has 0 radical (unpaired) electrons. The van der Waals surface area contributed by atoms with Gasteiger partial charge in [-0.15, -0.1) is 0 Å². The van der Waals surface area contributed by atoms with Crippen molar-refractivity contribution in [1.82, 2.24) is 0 Å². The van der Waals surface area contributed by atoms with Crippen LogP contribution in [0.25, 0.3) is 0 Å². The number of benzene rings is 1. The summed E-state index contributed by atoms with van der Waals surface area (Å²) >= 11 is 11.9. The number of carbonyl (C=O) groups excluding carboxylic acids is 1. The van der Waals surface area contributed by atoms with Gasteiger partial charge in [0.2, 0.25) is 5.91 Å². The molecular formula is C12H12Cl2N2O. The molecule has 0 saturated heterocycles.